The van der Waals surface area contributed by atoms with Crippen molar-refractivity contribution in [3.05, 3.63) is 41.1 Å². The Morgan fingerprint density at radius 1 is 1.25 bits per heavy atom. The van der Waals surface area contributed by atoms with E-state index < -0.39 is 0 Å². The van der Waals surface area contributed by atoms with Crippen LogP contribution in [0.3, 0.4) is 0 Å². The van der Waals surface area contributed by atoms with E-state index in [-0.39, 0.29) is 36.0 Å². The monoisotopic (exact) mass is 403 g/mol. The van der Waals surface area contributed by atoms with Crippen LogP contribution in [0.2, 0.25) is 5.02 Å². The van der Waals surface area contributed by atoms with E-state index in [1.54, 1.807) is 24.3 Å². The SMILES string of the molecule is O=C(COc1ccc(Cl)cc1)N[C@@H]1CC2(c3nnc(C4CC(O)C4)o3)CC1C2. The van der Waals surface area contributed by atoms with Gasteiger partial charge in [-0.2, -0.15) is 0 Å². The van der Waals surface area contributed by atoms with Gasteiger partial charge in [0.1, 0.15) is 5.75 Å². The van der Waals surface area contributed by atoms with E-state index >= 15 is 0 Å². The van der Waals surface area contributed by atoms with Crippen LogP contribution >= 0.6 is 11.6 Å². The third-order valence-corrected chi connectivity index (χ3v) is 6.62. The highest BCUT2D eigenvalue weighted by Gasteiger charge is 2.60. The van der Waals surface area contributed by atoms with Crippen molar-refractivity contribution < 1.29 is 19.1 Å². The van der Waals surface area contributed by atoms with Crippen molar-refractivity contribution in [1.82, 2.24) is 15.5 Å². The number of fused-ring (bicyclic) bond motifs is 1. The normalized spacial score (nSPS) is 33.1. The summed E-state index contributed by atoms with van der Waals surface area (Å²) in [6.07, 6.45) is 3.90. The van der Waals surface area contributed by atoms with Gasteiger partial charge in [0, 0.05) is 17.0 Å². The summed E-state index contributed by atoms with van der Waals surface area (Å²) in [5.41, 5.74) is -0.104. The molecule has 0 aliphatic heterocycles. The third kappa shape index (κ3) is 3.16. The first kappa shape index (κ1) is 17.9. The molecule has 0 unspecified atom stereocenters. The Kier molecular flexibility index (Phi) is 4.32. The maximum Gasteiger partial charge on any atom is 0.258 e. The van der Waals surface area contributed by atoms with E-state index in [4.69, 9.17) is 20.8 Å². The van der Waals surface area contributed by atoms with Crippen LogP contribution in [0.5, 0.6) is 5.75 Å². The zero-order chi connectivity index (χ0) is 19.3. The van der Waals surface area contributed by atoms with Crippen molar-refractivity contribution in [2.24, 2.45) is 5.92 Å². The smallest absolute Gasteiger partial charge is 0.258 e. The third-order valence-electron chi connectivity index (χ3n) is 6.37. The average Bonchev–Trinajstić information content (AvgIpc) is 3.31. The van der Waals surface area contributed by atoms with Gasteiger partial charge < -0.3 is 19.6 Å². The van der Waals surface area contributed by atoms with E-state index in [1.165, 1.54) is 0 Å². The molecule has 0 saturated heterocycles. The fourth-order valence-corrected chi connectivity index (χ4v) is 4.87. The molecule has 0 radical (unpaired) electrons. The van der Waals surface area contributed by atoms with E-state index in [1.807, 2.05) is 0 Å². The summed E-state index contributed by atoms with van der Waals surface area (Å²) < 4.78 is 11.5. The van der Waals surface area contributed by atoms with Crippen molar-refractivity contribution in [3.63, 3.8) is 0 Å². The number of carbonyl (C=O) groups is 1. The van der Waals surface area contributed by atoms with E-state index in [2.05, 4.69) is 15.5 Å². The second kappa shape index (κ2) is 6.74. The van der Waals surface area contributed by atoms with Gasteiger partial charge in [0.2, 0.25) is 11.8 Å². The van der Waals surface area contributed by atoms with Crippen molar-refractivity contribution in [1.29, 1.82) is 0 Å². The molecule has 148 valence electrons. The molecule has 4 fully saturated rings. The van der Waals surface area contributed by atoms with Gasteiger partial charge in [-0.15, -0.1) is 10.2 Å². The van der Waals surface area contributed by atoms with Gasteiger partial charge in [-0.25, -0.2) is 0 Å². The number of nitrogens with one attached hydrogen (secondary N) is 1. The Morgan fingerprint density at radius 2 is 2.00 bits per heavy atom. The Hall–Kier alpha value is -2.12. The first-order valence-corrected chi connectivity index (χ1v) is 10.1. The van der Waals surface area contributed by atoms with Gasteiger partial charge in [0.05, 0.1) is 11.5 Å². The standard InChI is InChI=1S/C20H22ClN3O4/c21-13-1-3-15(4-2-13)27-10-17(26)22-16-9-20(7-12(16)8-20)19-24-23-18(28-19)11-5-14(25)6-11/h1-4,11-12,14,16,25H,5-10H2,(H,22,26)/t11?,12?,14?,16-,20?/m1/s1. The van der Waals surface area contributed by atoms with Gasteiger partial charge in [0.25, 0.3) is 5.91 Å². The fraction of sp³-hybridized carbons (Fsp3) is 0.550. The minimum absolute atomic E-state index is 0.0213. The van der Waals surface area contributed by atoms with E-state index in [0.717, 1.165) is 19.3 Å². The molecule has 4 aliphatic carbocycles. The maximum absolute atomic E-state index is 12.3. The summed E-state index contributed by atoms with van der Waals surface area (Å²) in [6, 6.07) is 7.05. The predicted octanol–water partition coefficient (Wildman–Crippen LogP) is 2.58. The number of amides is 1. The van der Waals surface area contributed by atoms with E-state index in [0.29, 0.717) is 41.3 Å². The molecular weight excluding hydrogens is 382 g/mol. The Balaban J connectivity index is 1.15. The molecule has 1 aromatic carbocycles. The van der Waals surface area contributed by atoms with Crippen molar-refractivity contribution in [2.75, 3.05) is 6.61 Å². The summed E-state index contributed by atoms with van der Waals surface area (Å²) in [5.74, 6) is 2.45. The lowest BCUT2D eigenvalue weighted by atomic mass is 9.69. The molecule has 2 aromatic rings. The Bertz CT molecular complexity index is 872. The van der Waals surface area contributed by atoms with Gasteiger partial charge >= 0.3 is 0 Å². The number of hydrogen-bond donors (Lipinski definition) is 2. The number of rotatable bonds is 6. The topological polar surface area (TPSA) is 97.5 Å². The largest absolute Gasteiger partial charge is 0.484 e. The zero-order valence-corrected chi connectivity index (χ0v) is 16.1. The number of carbonyl (C=O) groups excluding carboxylic acids is 1. The van der Waals surface area contributed by atoms with E-state index in [9.17, 15) is 9.90 Å². The second-order valence-electron chi connectivity index (χ2n) is 8.34. The summed E-state index contributed by atoms with van der Waals surface area (Å²) in [6.45, 7) is -0.0213. The number of ether oxygens (including phenoxy) is 1. The van der Waals surface area contributed by atoms with Crippen LogP contribution in [0.4, 0.5) is 0 Å². The van der Waals surface area contributed by atoms with Crippen LogP contribution in [0.25, 0.3) is 0 Å². The number of aliphatic hydroxyl groups is 1. The van der Waals surface area contributed by atoms with Crippen molar-refractivity contribution >= 4 is 17.5 Å². The minimum atomic E-state index is -0.243. The lowest BCUT2D eigenvalue weighted by Crippen LogP contribution is -2.39. The van der Waals surface area contributed by atoms with Crippen LogP contribution in [-0.2, 0) is 10.2 Å². The lowest BCUT2D eigenvalue weighted by Gasteiger charge is -2.35. The van der Waals surface area contributed by atoms with Crippen LogP contribution in [0.15, 0.2) is 28.7 Å². The van der Waals surface area contributed by atoms with Crippen LogP contribution in [-0.4, -0.2) is 40.0 Å². The fourth-order valence-electron chi connectivity index (χ4n) is 4.75. The lowest BCUT2D eigenvalue weighted by molar-refractivity contribution is -0.124. The molecule has 2 N–H and O–H groups in total. The minimum Gasteiger partial charge on any atom is -0.484 e. The first-order valence-electron chi connectivity index (χ1n) is 9.70. The van der Waals surface area contributed by atoms with Gasteiger partial charge in [-0.05, 0) is 62.3 Å². The van der Waals surface area contributed by atoms with Gasteiger partial charge in [-0.3, -0.25) is 4.79 Å². The number of aliphatic hydroxyl groups excluding tert-OH is 1. The van der Waals surface area contributed by atoms with Crippen LogP contribution in [0, 0.1) is 5.92 Å². The quantitative estimate of drug-likeness (QED) is 0.769. The number of nitrogens with zero attached hydrogens (tertiary/aromatic N) is 2. The van der Waals surface area contributed by atoms with Crippen LogP contribution < -0.4 is 10.1 Å². The highest BCUT2D eigenvalue weighted by molar-refractivity contribution is 6.30. The molecule has 0 spiro atoms. The first-order chi connectivity index (χ1) is 13.5. The molecule has 1 amide bonds. The van der Waals surface area contributed by atoms with Gasteiger partial charge in [-0.1, -0.05) is 11.6 Å². The zero-order valence-electron chi connectivity index (χ0n) is 15.3. The summed E-state index contributed by atoms with van der Waals surface area (Å²) in [7, 11) is 0. The molecule has 6 rings (SSSR count). The number of hydrogen-bond acceptors (Lipinski definition) is 6. The summed E-state index contributed by atoms with van der Waals surface area (Å²) in [4.78, 5) is 12.3. The molecule has 1 atom stereocenters. The second-order valence-corrected chi connectivity index (χ2v) is 8.77. The van der Waals surface area contributed by atoms with Crippen molar-refractivity contribution in [3.8, 4) is 5.75 Å². The summed E-state index contributed by atoms with van der Waals surface area (Å²) >= 11 is 5.85. The van der Waals surface area contributed by atoms with Crippen LogP contribution in [0.1, 0.15) is 49.8 Å². The Labute approximate surface area is 167 Å². The average molecular weight is 404 g/mol. The number of aromatic nitrogens is 2. The number of benzene rings is 1. The molecule has 8 heteroatoms. The molecule has 4 saturated carbocycles. The molecular formula is C20H22ClN3O4. The molecule has 28 heavy (non-hydrogen) atoms. The molecule has 1 aromatic heterocycles. The highest BCUT2D eigenvalue weighted by atomic mass is 35.5. The number of halogens is 1. The summed E-state index contributed by atoms with van der Waals surface area (Å²) in [5, 5.41) is 21.7. The molecule has 4 aliphatic rings. The molecule has 1 heterocycles. The highest BCUT2D eigenvalue weighted by Crippen LogP contribution is 2.59. The molecule has 2 bridgehead atoms. The Morgan fingerprint density at radius 3 is 2.71 bits per heavy atom. The van der Waals surface area contributed by atoms with Crippen molar-refractivity contribution in [2.45, 2.75) is 55.6 Å². The predicted molar refractivity (Wildman–Crippen MR) is 100 cm³/mol. The van der Waals surface area contributed by atoms with Gasteiger partial charge in [0.15, 0.2) is 6.61 Å². The maximum atomic E-state index is 12.3. The molecule has 7 nitrogen and oxygen atoms in total.